The van der Waals surface area contributed by atoms with Crippen molar-refractivity contribution < 1.29 is 4.79 Å². The number of amides is 1. The molecular formula is C12H18N2OS. The predicted octanol–water partition coefficient (Wildman–Crippen LogP) is 3.22. The molecule has 0 aliphatic heterocycles. The third kappa shape index (κ3) is 2.82. The first-order valence-corrected chi connectivity index (χ1v) is 6.93. The zero-order valence-electron chi connectivity index (χ0n) is 9.66. The maximum absolute atomic E-state index is 11.9. The highest BCUT2D eigenvalue weighted by atomic mass is 32.1. The summed E-state index contributed by atoms with van der Waals surface area (Å²) in [5.74, 6) is 0.374. The van der Waals surface area contributed by atoms with Gasteiger partial charge in [0.2, 0.25) is 5.91 Å². The topological polar surface area (TPSA) is 42.0 Å². The van der Waals surface area contributed by atoms with E-state index >= 15 is 0 Å². The highest BCUT2D eigenvalue weighted by Gasteiger charge is 2.21. The van der Waals surface area contributed by atoms with Gasteiger partial charge in [0.25, 0.3) is 0 Å². The molecule has 1 aromatic rings. The van der Waals surface area contributed by atoms with Crippen molar-refractivity contribution in [3.05, 3.63) is 11.1 Å². The number of nitrogens with zero attached hydrogens (tertiary/aromatic N) is 1. The van der Waals surface area contributed by atoms with Crippen molar-refractivity contribution in [1.82, 2.24) is 4.98 Å². The van der Waals surface area contributed by atoms with Gasteiger partial charge in [-0.3, -0.25) is 4.79 Å². The van der Waals surface area contributed by atoms with E-state index in [-0.39, 0.29) is 11.8 Å². The number of rotatable bonds is 3. The second-order valence-corrected chi connectivity index (χ2v) is 5.18. The van der Waals surface area contributed by atoms with Crippen molar-refractivity contribution in [2.75, 3.05) is 5.32 Å². The summed E-state index contributed by atoms with van der Waals surface area (Å²) in [6.45, 7) is 2.07. The summed E-state index contributed by atoms with van der Waals surface area (Å²) in [4.78, 5) is 16.3. The van der Waals surface area contributed by atoms with Gasteiger partial charge >= 0.3 is 0 Å². The van der Waals surface area contributed by atoms with Crippen LogP contribution in [0.1, 0.15) is 44.7 Å². The summed E-state index contributed by atoms with van der Waals surface area (Å²) >= 11 is 1.52. The summed E-state index contributed by atoms with van der Waals surface area (Å²) < 4.78 is 0. The van der Waals surface area contributed by atoms with Crippen LogP contribution in [-0.4, -0.2) is 10.9 Å². The number of thiazole rings is 1. The first-order valence-electron chi connectivity index (χ1n) is 6.05. The first kappa shape index (κ1) is 11.6. The van der Waals surface area contributed by atoms with Crippen LogP contribution in [0, 0.1) is 5.92 Å². The number of carbonyl (C=O) groups excluding carboxylic acids is 1. The number of nitrogens with one attached hydrogen (secondary N) is 1. The quantitative estimate of drug-likeness (QED) is 0.878. The molecule has 1 fully saturated rings. The van der Waals surface area contributed by atoms with Gasteiger partial charge in [-0.1, -0.05) is 26.2 Å². The maximum Gasteiger partial charge on any atom is 0.229 e. The maximum atomic E-state index is 11.9. The smallest absolute Gasteiger partial charge is 0.229 e. The molecule has 1 aromatic heterocycles. The normalized spacial score (nSPS) is 17.3. The fourth-order valence-corrected chi connectivity index (χ4v) is 2.90. The molecule has 3 nitrogen and oxygen atoms in total. The fraction of sp³-hybridized carbons (Fsp3) is 0.667. The van der Waals surface area contributed by atoms with E-state index in [1.807, 2.05) is 5.38 Å². The summed E-state index contributed by atoms with van der Waals surface area (Å²) in [6, 6.07) is 0. The fourth-order valence-electron chi connectivity index (χ4n) is 2.10. The van der Waals surface area contributed by atoms with E-state index in [1.54, 1.807) is 0 Å². The number of hydrogen-bond donors (Lipinski definition) is 1. The SMILES string of the molecule is CCc1csc(NC(=O)C2CCCCC2)n1. The van der Waals surface area contributed by atoms with Crippen LogP contribution in [0.2, 0.25) is 0 Å². The molecule has 0 saturated heterocycles. The molecule has 1 saturated carbocycles. The minimum atomic E-state index is 0.164. The van der Waals surface area contributed by atoms with Crippen LogP contribution >= 0.6 is 11.3 Å². The van der Waals surface area contributed by atoms with E-state index in [2.05, 4.69) is 17.2 Å². The van der Waals surface area contributed by atoms with E-state index in [4.69, 9.17) is 0 Å². The first-order chi connectivity index (χ1) is 7.79. The van der Waals surface area contributed by atoms with Crippen molar-refractivity contribution in [3.8, 4) is 0 Å². The van der Waals surface area contributed by atoms with E-state index in [9.17, 15) is 4.79 Å². The van der Waals surface area contributed by atoms with Crippen molar-refractivity contribution >= 4 is 22.4 Å². The molecule has 0 aromatic carbocycles. The van der Waals surface area contributed by atoms with E-state index < -0.39 is 0 Å². The summed E-state index contributed by atoms with van der Waals surface area (Å²) in [5, 5.41) is 5.70. The molecule has 1 aliphatic carbocycles. The van der Waals surface area contributed by atoms with Gasteiger partial charge < -0.3 is 5.32 Å². The number of aryl methyl sites for hydroxylation is 1. The van der Waals surface area contributed by atoms with Gasteiger partial charge in [-0.2, -0.15) is 0 Å². The molecule has 16 heavy (non-hydrogen) atoms. The van der Waals surface area contributed by atoms with Crippen LogP contribution in [0.25, 0.3) is 0 Å². The van der Waals surface area contributed by atoms with Crippen molar-refractivity contribution in [1.29, 1.82) is 0 Å². The van der Waals surface area contributed by atoms with Crippen LogP contribution in [-0.2, 0) is 11.2 Å². The Hall–Kier alpha value is -0.900. The Bertz CT molecular complexity index is 356. The zero-order chi connectivity index (χ0) is 11.4. The number of hydrogen-bond acceptors (Lipinski definition) is 3. The van der Waals surface area contributed by atoms with Crippen molar-refractivity contribution in [2.24, 2.45) is 5.92 Å². The lowest BCUT2D eigenvalue weighted by molar-refractivity contribution is -0.120. The highest BCUT2D eigenvalue weighted by molar-refractivity contribution is 7.13. The lowest BCUT2D eigenvalue weighted by Crippen LogP contribution is -2.24. The molecule has 0 spiro atoms. The van der Waals surface area contributed by atoms with Gasteiger partial charge in [-0.25, -0.2) is 4.98 Å². The molecule has 0 bridgehead atoms. The molecule has 88 valence electrons. The number of anilines is 1. The monoisotopic (exact) mass is 238 g/mol. The van der Waals surface area contributed by atoms with Crippen LogP contribution in [0.15, 0.2) is 5.38 Å². The van der Waals surface area contributed by atoms with Crippen LogP contribution in [0.4, 0.5) is 5.13 Å². The van der Waals surface area contributed by atoms with Crippen molar-refractivity contribution in [2.45, 2.75) is 45.4 Å². The van der Waals surface area contributed by atoms with Crippen LogP contribution in [0.3, 0.4) is 0 Å². The lowest BCUT2D eigenvalue weighted by atomic mass is 9.89. The Morgan fingerprint density at radius 3 is 2.88 bits per heavy atom. The zero-order valence-corrected chi connectivity index (χ0v) is 10.5. The third-order valence-electron chi connectivity index (χ3n) is 3.12. The second kappa shape index (κ2) is 5.43. The molecule has 0 atom stereocenters. The standard InChI is InChI=1S/C12H18N2OS/c1-2-10-8-16-12(13-10)14-11(15)9-6-4-3-5-7-9/h8-9H,2-7H2,1H3,(H,13,14,15). The molecule has 0 unspecified atom stereocenters. The Morgan fingerprint density at radius 1 is 1.50 bits per heavy atom. The Morgan fingerprint density at radius 2 is 2.25 bits per heavy atom. The number of carbonyl (C=O) groups is 1. The second-order valence-electron chi connectivity index (χ2n) is 4.32. The van der Waals surface area contributed by atoms with Gasteiger partial charge in [-0.05, 0) is 19.3 Å². The summed E-state index contributed by atoms with van der Waals surface area (Å²) in [5.41, 5.74) is 1.06. The van der Waals surface area contributed by atoms with Gasteiger partial charge in [0.05, 0.1) is 5.69 Å². The average molecular weight is 238 g/mol. The molecule has 1 amide bonds. The molecule has 4 heteroatoms. The Kier molecular flexibility index (Phi) is 3.93. The van der Waals surface area contributed by atoms with Gasteiger partial charge in [0.15, 0.2) is 5.13 Å². The molecule has 1 heterocycles. The molecule has 0 radical (unpaired) electrons. The van der Waals surface area contributed by atoms with E-state index in [1.165, 1.54) is 30.6 Å². The molecule has 1 aliphatic rings. The molecule has 1 N–H and O–H groups in total. The Labute approximate surface area is 100 Å². The lowest BCUT2D eigenvalue weighted by Gasteiger charge is -2.19. The van der Waals surface area contributed by atoms with Crippen LogP contribution in [0.5, 0.6) is 0 Å². The minimum absolute atomic E-state index is 0.164. The van der Waals surface area contributed by atoms with Gasteiger partial charge in [0.1, 0.15) is 0 Å². The van der Waals surface area contributed by atoms with Gasteiger partial charge in [-0.15, -0.1) is 11.3 Å². The van der Waals surface area contributed by atoms with E-state index in [0.717, 1.165) is 30.1 Å². The van der Waals surface area contributed by atoms with Crippen LogP contribution < -0.4 is 5.32 Å². The Balaban J connectivity index is 1.90. The third-order valence-corrected chi connectivity index (χ3v) is 3.93. The highest BCUT2D eigenvalue weighted by Crippen LogP contribution is 2.25. The minimum Gasteiger partial charge on any atom is -0.302 e. The summed E-state index contributed by atoms with van der Waals surface area (Å²) in [7, 11) is 0. The number of aromatic nitrogens is 1. The molecular weight excluding hydrogens is 220 g/mol. The van der Waals surface area contributed by atoms with E-state index in [0.29, 0.717) is 0 Å². The predicted molar refractivity (Wildman–Crippen MR) is 66.7 cm³/mol. The van der Waals surface area contributed by atoms with Crippen molar-refractivity contribution in [3.63, 3.8) is 0 Å². The summed E-state index contributed by atoms with van der Waals surface area (Å²) in [6.07, 6.45) is 6.67. The molecule has 2 rings (SSSR count). The largest absolute Gasteiger partial charge is 0.302 e. The average Bonchev–Trinajstić information content (AvgIpc) is 2.78. The van der Waals surface area contributed by atoms with Gasteiger partial charge in [0, 0.05) is 11.3 Å².